The SMILES string of the molecule is COc1ccc(C(NC(=O)NC(C)CCCO)C(C)C)cc1. The molecule has 124 valence electrons. The normalized spacial score (nSPS) is 13.5. The number of benzene rings is 1. The van der Waals surface area contributed by atoms with Crippen molar-refractivity contribution in [1.29, 1.82) is 0 Å². The second kappa shape index (κ2) is 9.30. The van der Waals surface area contributed by atoms with E-state index in [1.54, 1.807) is 7.11 Å². The predicted molar refractivity (Wildman–Crippen MR) is 88.0 cm³/mol. The van der Waals surface area contributed by atoms with Gasteiger partial charge in [-0.25, -0.2) is 4.79 Å². The maximum atomic E-state index is 12.1. The minimum Gasteiger partial charge on any atom is -0.497 e. The quantitative estimate of drug-likeness (QED) is 0.691. The van der Waals surface area contributed by atoms with Gasteiger partial charge in [0.05, 0.1) is 13.2 Å². The van der Waals surface area contributed by atoms with Crippen molar-refractivity contribution in [2.45, 2.75) is 45.7 Å². The fraction of sp³-hybridized carbons (Fsp3) is 0.588. The molecule has 2 amide bonds. The summed E-state index contributed by atoms with van der Waals surface area (Å²) in [4.78, 5) is 12.1. The third-order valence-corrected chi connectivity index (χ3v) is 3.60. The molecule has 1 aromatic rings. The molecule has 0 radical (unpaired) electrons. The molecule has 0 aromatic heterocycles. The van der Waals surface area contributed by atoms with Crippen molar-refractivity contribution in [3.8, 4) is 5.75 Å². The van der Waals surface area contributed by atoms with Crippen LogP contribution >= 0.6 is 0 Å². The van der Waals surface area contributed by atoms with Gasteiger partial charge in [-0.1, -0.05) is 26.0 Å². The van der Waals surface area contributed by atoms with Gasteiger partial charge < -0.3 is 20.5 Å². The van der Waals surface area contributed by atoms with Gasteiger partial charge in [-0.05, 0) is 43.4 Å². The second-order valence-corrected chi connectivity index (χ2v) is 5.88. The van der Waals surface area contributed by atoms with E-state index < -0.39 is 0 Å². The van der Waals surface area contributed by atoms with E-state index in [4.69, 9.17) is 9.84 Å². The van der Waals surface area contributed by atoms with E-state index in [9.17, 15) is 4.79 Å². The van der Waals surface area contributed by atoms with E-state index in [1.807, 2.05) is 31.2 Å². The molecule has 3 N–H and O–H groups in total. The smallest absolute Gasteiger partial charge is 0.315 e. The van der Waals surface area contributed by atoms with Gasteiger partial charge in [-0.15, -0.1) is 0 Å². The number of aliphatic hydroxyl groups excluding tert-OH is 1. The van der Waals surface area contributed by atoms with Crippen molar-refractivity contribution in [3.63, 3.8) is 0 Å². The molecule has 0 bridgehead atoms. The number of methoxy groups -OCH3 is 1. The van der Waals surface area contributed by atoms with Crippen LogP contribution in [-0.2, 0) is 0 Å². The van der Waals surface area contributed by atoms with Gasteiger partial charge in [0.1, 0.15) is 5.75 Å². The van der Waals surface area contributed by atoms with Crippen molar-refractivity contribution in [3.05, 3.63) is 29.8 Å². The van der Waals surface area contributed by atoms with E-state index in [0.29, 0.717) is 6.42 Å². The maximum Gasteiger partial charge on any atom is 0.315 e. The average molecular weight is 308 g/mol. The van der Waals surface area contributed by atoms with Crippen LogP contribution in [0, 0.1) is 5.92 Å². The Balaban J connectivity index is 2.65. The average Bonchev–Trinajstić information content (AvgIpc) is 2.50. The fourth-order valence-electron chi connectivity index (χ4n) is 2.32. The molecule has 5 heteroatoms. The topological polar surface area (TPSA) is 70.6 Å². The third kappa shape index (κ3) is 5.93. The van der Waals surface area contributed by atoms with E-state index in [1.165, 1.54) is 0 Å². The lowest BCUT2D eigenvalue weighted by molar-refractivity contribution is 0.227. The number of rotatable bonds is 8. The number of carbonyl (C=O) groups is 1. The zero-order valence-electron chi connectivity index (χ0n) is 13.9. The Kier molecular flexibility index (Phi) is 7.74. The highest BCUT2D eigenvalue weighted by Crippen LogP contribution is 2.23. The van der Waals surface area contributed by atoms with Gasteiger partial charge >= 0.3 is 6.03 Å². The van der Waals surface area contributed by atoms with Crippen LogP contribution < -0.4 is 15.4 Å². The molecule has 0 aliphatic rings. The lowest BCUT2D eigenvalue weighted by Gasteiger charge is -2.24. The van der Waals surface area contributed by atoms with Crippen LogP contribution in [0.3, 0.4) is 0 Å². The van der Waals surface area contributed by atoms with Gasteiger partial charge in [0.25, 0.3) is 0 Å². The van der Waals surface area contributed by atoms with Crippen molar-refractivity contribution in [2.75, 3.05) is 13.7 Å². The Morgan fingerprint density at radius 3 is 2.32 bits per heavy atom. The molecule has 5 nitrogen and oxygen atoms in total. The monoisotopic (exact) mass is 308 g/mol. The molecule has 0 saturated carbocycles. The highest BCUT2D eigenvalue weighted by atomic mass is 16.5. The summed E-state index contributed by atoms with van der Waals surface area (Å²) in [5.74, 6) is 1.07. The molecule has 0 heterocycles. The number of aliphatic hydroxyl groups is 1. The number of hydrogen-bond donors (Lipinski definition) is 3. The number of ether oxygens (including phenoxy) is 1. The van der Waals surface area contributed by atoms with Crippen molar-refractivity contribution >= 4 is 6.03 Å². The minimum absolute atomic E-state index is 0.0378. The number of carbonyl (C=O) groups excluding carboxylic acids is 1. The second-order valence-electron chi connectivity index (χ2n) is 5.88. The Bertz CT molecular complexity index is 446. The van der Waals surface area contributed by atoms with Crippen LogP contribution in [0.1, 0.15) is 45.2 Å². The molecule has 0 spiro atoms. The van der Waals surface area contributed by atoms with Crippen LogP contribution in [0.25, 0.3) is 0 Å². The van der Waals surface area contributed by atoms with Gasteiger partial charge in [0.2, 0.25) is 0 Å². The van der Waals surface area contributed by atoms with Crippen LogP contribution in [0.5, 0.6) is 5.75 Å². The Morgan fingerprint density at radius 1 is 1.18 bits per heavy atom. The summed E-state index contributed by atoms with van der Waals surface area (Å²) in [5.41, 5.74) is 1.05. The van der Waals surface area contributed by atoms with E-state index in [2.05, 4.69) is 24.5 Å². The van der Waals surface area contributed by atoms with E-state index in [0.717, 1.165) is 17.7 Å². The molecule has 2 atom stereocenters. The zero-order valence-corrected chi connectivity index (χ0v) is 13.9. The third-order valence-electron chi connectivity index (χ3n) is 3.60. The standard InChI is InChI=1S/C17H28N2O3/c1-12(2)16(14-7-9-15(22-4)10-8-14)19-17(21)18-13(3)6-5-11-20/h7-10,12-13,16,20H,5-6,11H2,1-4H3,(H2,18,19,21). The summed E-state index contributed by atoms with van der Waals surface area (Å²) >= 11 is 0. The molecule has 22 heavy (non-hydrogen) atoms. The summed E-state index contributed by atoms with van der Waals surface area (Å²) < 4.78 is 5.16. The van der Waals surface area contributed by atoms with E-state index in [-0.39, 0.29) is 30.6 Å². The highest BCUT2D eigenvalue weighted by molar-refractivity contribution is 5.74. The summed E-state index contributed by atoms with van der Waals surface area (Å²) in [6.07, 6.45) is 1.45. The zero-order chi connectivity index (χ0) is 16.5. The van der Waals surface area contributed by atoms with Crippen LogP contribution in [0.2, 0.25) is 0 Å². The van der Waals surface area contributed by atoms with Crippen LogP contribution in [-0.4, -0.2) is 30.9 Å². The Labute approximate surface area is 133 Å². The maximum absolute atomic E-state index is 12.1. The van der Waals surface area contributed by atoms with Crippen molar-refractivity contribution in [1.82, 2.24) is 10.6 Å². The number of nitrogens with one attached hydrogen (secondary N) is 2. The lowest BCUT2D eigenvalue weighted by Crippen LogP contribution is -2.43. The predicted octanol–water partition coefficient (Wildman–Crippen LogP) is 2.85. The number of urea groups is 1. The first kappa shape index (κ1) is 18.3. The van der Waals surface area contributed by atoms with Gasteiger partial charge in [0, 0.05) is 12.6 Å². The lowest BCUT2D eigenvalue weighted by atomic mass is 9.96. The summed E-state index contributed by atoms with van der Waals surface area (Å²) in [5, 5.41) is 14.8. The highest BCUT2D eigenvalue weighted by Gasteiger charge is 2.19. The van der Waals surface area contributed by atoms with Crippen LogP contribution in [0.4, 0.5) is 4.79 Å². The molecule has 0 aliphatic heterocycles. The molecule has 0 saturated heterocycles. The first-order valence-electron chi connectivity index (χ1n) is 7.79. The minimum atomic E-state index is -0.181. The van der Waals surface area contributed by atoms with Gasteiger partial charge in [-0.3, -0.25) is 0 Å². The van der Waals surface area contributed by atoms with E-state index >= 15 is 0 Å². The van der Waals surface area contributed by atoms with Crippen molar-refractivity contribution in [2.24, 2.45) is 5.92 Å². The molecule has 0 fully saturated rings. The summed E-state index contributed by atoms with van der Waals surface area (Å²) in [6.45, 7) is 6.23. The largest absolute Gasteiger partial charge is 0.497 e. The molecular weight excluding hydrogens is 280 g/mol. The first-order valence-corrected chi connectivity index (χ1v) is 7.79. The molecule has 1 rings (SSSR count). The Hall–Kier alpha value is -1.75. The van der Waals surface area contributed by atoms with Crippen LogP contribution in [0.15, 0.2) is 24.3 Å². The van der Waals surface area contributed by atoms with Gasteiger partial charge in [-0.2, -0.15) is 0 Å². The van der Waals surface area contributed by atoms with Gasteiger partial charge in [0.15, 0.2) is 0 Å². The Morgan fingerprint density at radius 2 is 1.82 bits per heavy atom. The number of amides is 2. The molecule has 1 aromatic carbocycles. The summed E-state index contributed by atoms with van der Waals surface area (Å²) in [7, 11) is 1.63. The van der Waals surface area contributed by atoms with Crippen molar-refractivity contribution < 1.29 is 14.6 Å². The molecule has 2 unspecified atom stereocenters. The summed E-state index contributed by atoms with van der Waals surface area (Å²) in [6, 6.07) is 7.53. The molecule has 0 aliphatic carbocycles. The first-order chi connectivity index (χ1) is 10.5. The molecular formula is C17H28N2O3. The number of hydrogen-bond acceptors (Lipinski definition) is 3. The fourth-order valence-corrected chi connectivity index (χ4v) is 2.32.